The molecule has 0 saturated heterocycles. The second-order valence-corrected chi connectivity index (χ2v) is 5.40. The third kappa shape index (κ3) is 5.98. The van der Waals surface area contributed by atoms with E-state index in [0.717, 1.165) is 37.6 Å². The fourth-order valence-corrected chi connectivity index (χ4v) is 2.10. The van der Waals surface area contributed by atoms with Gasteiger partial charge in [-0.2, -0.15) is 0 Å². The van der Waals surface area contributed by atoms with Gasteiger partial charge in [0.1, 0.15) is 11.5 Å². The van der Waals surface area contributed by atoms with Crippen molar-refractivity contribution >= 4 is 0 Å². The van der Waals surface area contributed by atoms with Gasteiger partial charge in [0.05, 0.1) is 0 Å². The highest BCUT2D eigenvalue weighted by Gasteiger charge is 1.99. The van der Waals surface area contributed by atoms with Crippen LogP contribution in [0.2, 0.25) is 0 Å². The Morgan fingerprint density at radius 1 is 0.952 bits per heavy atom. The highest BCUT2D eigenvalue weighted by Crippen LogP contribution is 2.21. The Hall–Kier alpha value is -1.84. The molecule has 0 bridgehead atoms. The second kappa shape index (κ2) is 8.45. The number of hydrogen-bond donors (Lipinski definition) is 1. The van der Waals surface area contributed by atoms with Gasteiger partial charge in [-0.05, 0) is 63.4 Å². The molecule has 0 radical (unpaired) electrons. The lowest BCUT2D eigenvalue weighted by atomic mass is 10.2. The summed E-state index contributed by atoms with van der Waals surface area (Å²) >= 11 is 0. The summed E-state index contributed by atoms with van der Waals surface area (Å²) in [4.78, 5) is 2.20. The summed E-state index contributed by atoms with van der Waals surface area (Å²) in [6.07, 6.45) is 1.16. The van der Waals surface area contributed by atoms with Gasteiger partial charge in [0.15, 0.2) is 0 Å². The summed E-state index contributed by atoms with van der Waals surface area (Å²) in [5, 5.41) is 3.47. The molecule has 3 heteroatoms. The lowest BCUT2D eigenvalue weighted by Crippen LogP contribution is -2.20. The third-order valence-corrected chi connectivity index (χ3v) is 3.17. The molecule has 0 aliphatic carbocycles. The van der Waals surface area contributed by atoms with Crippen molar-refractivity contribution in [1.29, 1.82) is 0 Å². The quantitative estimate of drug-likeness (QED) is 0.751. The average Bonchev–Trinajstić information content (AvgIpc) is 2.48. The van der Waals surface area contributed by atoms with Gasteiger partial charge in [0.2, 0.25) is 0 Å². The van der Waals surface area contributed by atoms with Crippen molar-refractivity contribution in [3.63, 3.8) is 0 Å². The van der Waals surface area contributed by atoms with Crippen molar-refractivity contribution in [2.45, 2.75) is 13.0 Å². The first-order chi connectivity index (χ1) is 10.2. The van der Waals surface area contributed by atoms with Crippen molar-refractivity contribution in [3.05, 3.63) is 60.2 Å². The molecule has 112 valence electrons. The van der Waals surface area contributed by atoms with E-state index in [1.807, 2.05) is 42.5 Å². The van der Waals surface area contributed by atoms with Crippen LogP contribution in [0.5, 0.6) is 11.5 Å². The first kappa shape index (κ1) is 15.5. The van der Waals surface area contributed by atoms with Gasteiger partial charge < -0.3 is 15.0 Å². The van der Waals surface area contributed by atoms with E-state index >= 15 is 0 Å². The number of para-hydroxylation sites is 1. The summed E-state index contributed by atoms with van der Waals surface area (Å²) in [5.41, 5.74) is 1.24. The zero-order valence-corrected chi connectivity index (χ0v) is 12.9. The number of rotatable bonds is 8. The summed E-state index contributed by atoms with van der Waals surface area (Å²) in [5.74, 6) is 1.75. The van der Waals surface area contributed by atoms with Gasteiger partial charge in [0.25, 0.3) is 0 Å². The highest BCUT2D eigenvalue weighted by atomic mass is 16.5. The van der Waals surface area contributed by atoms with E-state index in [1.54, 1.807) is 0 Å². The lowest BCUT2D eigenvalue weighted by Gasteiger charge is -2.10. The van der Waals surface area contributed by atoms with Crippen LogP contribution >= 0.6 is 0 Å². The average molecular weight is 284 g/mol. The van der Waals surface area contributed by atoms with E-state index in [9.17, 15) is 0 Å². The van der Waals surface area contributed by atoms with E-state index in [1.165, 1.54) is 5.56 Å². The number of benzene rings is 2. The Balaban J connectivity index is 1.81. The van der Waals surface area contributed by atoms with Crippen LogP contribution in [0, 0.1) is 0 Å². The molecule has 2 aromatic carbocycles. The van der Waals surface area contributed by atoms with Crippen LogP contribution in [0.25, 0.3) is 0 Å². The molecule has 0 amide bonds. The number of ether oxygens (including phenoxy) is 1. The first-order valence-electron chi connectivity index (χ1n) is 7.41. The van der Waals surface area contributed by atoms with Crippen molar-refractivity contribution in [2.75, 3.05) is 27.2 Å². The summed E-state index contributed by atoms with van der Waals surface area (Å²) in [6.45, 7) is 3.02. The Morgan fingerprint density at radius 3 is 2.48 bits per heavy atom. The Labute approximate surface area is 127 Å². The molecular formula is C18H24N2O. The highest BCUT2D eigenvalue weighted by molar-refractivity contribution is 5.33. The molecule has 0 aliphatic heterocycles. The third-order valence-electron chi connectivity index (χ3n) is 3.17. The maximum Gasteiger partial charge on any atom is 0.127 e. The molecule has 0 saturated carbocycles. The normalized spacial score (nSPS) is 10.8. The van der Waals surface area contributed by atoms with Gasteiger partial charge in [-0.25, -0.2) is 0 Å². The van der Waals surface area contributed by atoms with Crippen molar-refractivity contribution < 1.29 is 4.74 Å². The second-order valence-electron chi connectivity index (χ2n) is 5.40. The number of nitrogens with zero attached hydrogens (tertiary/aromatic N) is 1. The minimum absolute atomic E-state index is 0.869. The largest absolute Gasteiger partial charge is 0.457 e. The molecule has 0 atom stereocenters. The summed E-state index contributed by atoms with van der Waals surface area (Å²) < 4.78 is 5.84. The fraction of sp³-hybridized carbons (Fsp3) is 0.333. The van der Waals surface area contributed by atoms with E-state index in [4.69, 9.17) is 4.74 Å². The molecular weight excluding hydrogens is 260 g/mol. The van der Waals surface area contributed by atoms with Gasteiger partial charge in [-0.1, -0.05) is 30.3 Å². The standard InChI is InChI=1S/C18H24N2O/c1-20(2)13-7-12-19-15-16-8-6-11-18(14-16)21-17-9-4-3-5-10-17/h3-6,8-11,14,19H,7,12-13,15H2,1-2H3. The summed E-state index contributed by atoms with van der Waals surface area (Å²) in [7, 11) is 4.20. The van der Waals surface area contributed by atoms with Crippen LogP contribution in [0.4, 0.5) is 0 Å². The van der Waals surface area contributed by atoms with E-state index in [2.05, 4.69) is 36.4 Å². The van der Waals surface area contributed by atoms with E-state index in [-0.39, 0.29) is 0 Å². The van der Waals surface area contributed by atoms with E-state index < -0.39 is 0 Å². The maximum absolute atomic E-state index is 5.84. The zero-order chi connectivity index (χ0) is 14.9. The van der Waals surface area contributed by atoms with Gasteiger partial charge in [0, 0.05) is 6.54 Å². The SMILES string of the molecule is CN(C)CCCNCc1cccc(Oc2ccccc2)c1. The molecule has 0 fully saturated rings. The first-order valence-corrected chi connectivity index (χ1v) is 7.41. The van der Waals surface area contributed by atoms with Gasteiger partial charge in [-0.3, -0.25) is 0 Å². The van der Waals surface area contributed by atoms with Gasteiger partial charge >= 0.3 is 0 Å². The molecule has 0 aliphatic rings. The van der Waals surface area contributed by atoms with Crippen LogP contribution in [-0.2, 0) is 6.54 Å². The maximum atomic E-state index is 5.84. The predicted molar refractivity (Wildman–Crippen MR) is 87.8 cm³/mol. The lowest BCUT2D eigenvalue weighted by molar-refractivity contribution is 0.394. The number of hydrogen-bond acceptors (Lipinski definition) is 3. The molecule has 21 heavy (non-hydrogen) atoms. The number of nitrogens with one attached hydrogen (secondary N) is 1. The zero-order valence-electron chi connectivity index (χ0n) is 12.9. The Kier molecular flexibility index (Phi) is 6.25. The molecule has 0 unspecified atom stereocenters. The molecule has 2 rings (SSSR count). The predicted octanol–water partition coefficient (Wildman–Crippen LogP) is 3.52. The molecule has 1 N–H and O–H groups in total. The monoisotopic (exact) mass is 284 g/mol. The van der Waals surface area contributed by atoms with Crippen LogP contribution in [-0.4, -0.2) is 32.1 Å². The minimum atomic E-state index is 0.869. The van der Waals surface area contributed by atoms with Crippen LogP contribution < -0.4 is 10.1 Å². The fourth-order valence-electron chi connectivity index (χ4n) is 2.10. The van der Waals surface area contributed by atoms with Crippen molar-refractivity contribution in [2.24, 2.45) is 0 Å². The van der Waals surface area contributed by atoms with Crippen LogP contribution in [0.3, 0.4) is 0 Å². The van der Waals surface area contributed by atoms with Crippen molar-refractivity contribution in [3.8, 4) is 11.5 Å². The smallest absolute Gasteiger partial charge is 0.127 e. The van der Waals surface area contributed by atoms with Crippen molar-refractivity contribution in [1.82, 2.24) is 10.2 Å². The minimum Gasteiger partial charge on any atom is -0.457 e. The topological polar surface area (TPSA) is 24.5 Å². The van der Waals surface area contributed by atoms with E-state index in [0.29, 0.717) is 0 Å². The Bertz CT molecular complexity index is 526. The van der Waals surface area contributed by atoms with Crippen LogP contribution in [0.1, 0.15) is 12.0 Å². The molecule has 3 nitrogen and oxygen atoms in total. The molecule has 0 spiro atoms. The van der Waals surface area contributed by atoms with Gasteiger partial charge in [-0.15, -0.1) is 0 Å². The molecule has 0 heterocycles. The van der Waals surface area contributed by atoms with Crippen LogP contribution in [0.15, 0.2) is 54.6 Å². The molecule has 0 aromatic heterocycles. The summed E-state index contributed by atoms with van der Waals surface area (Å²) in [6, 6.07) is 18.1. The Morgan fingerprint density at radius 2 is 1.71 bits per heavy atom. The molecule has 2 aromatic rings.